The molecule has 0 aromatic heterocycles. The average molecular weight is 243 g/mol. The van der Waals surface area contributed by atoms with Crippen LogP contribution in [0.4, 0.5) is 0 Å². The van der Waals surface area contributed by atoms with Crippen molar-refractivity contribution >= 4 is 21.8 Å². The fourth-order valence-corrected chi connectivity index (χ4v) is 1.26. The van der Waals surface area contributed by atoms with Crippen LogP contribution in [0.25, 0.3) is 0 Å². The maximum Gasteiger partial charge on any atom is 0.253 e. The second kappa shape index (κ2) is 4.39. The second-order valence-electron chi connectivity index (χ2n) is 2.50. The van der Waals surface area contributed by atoms with Crippen LogP contribution in [0.5, 0.6) is 0 Å². The summed E-state index contributed by atoms with van der Waals surface area (Å²) in [6, 6.07) is 6.88. The standard InChI is InChI=1S/C9H9BrNO2/c1-6(12)11-9(13)7-3-2-4-8(10)5-7/h2-6,12H,1H2,(H,11,13). The molecular weight excluding hydrogens is 234 g/mol. The Bertz CT molecular complexity index is 312. The number of nitrogens with one attached hydrogen (secondary N) is 1. The zero-order chi connectivity index (χ0) is 9.84. The Balaban J connectivity index is 2.77. The molecule has 69 valence electrons. The van der Waals surface area contributed by atoms with E-state index in [1.54, 1.807) is 18.2 Å². The molecule has 0 saturated carbocycles. The summed E-state index contributed by atoms with van der Waals surface area (Å²) in [6.07, 6.45) is -1.08. The number of hydrogen-bond acceptors (Lipinski definition) is 2. The van der Waals surface area contributed by atoms with Gasteiger partial charge >= 0.3 is 0 Å². The molecule has 1 radical (unpaired) electrons. The lowest BCUT2D eigenvalue weighted by molar-refractivity contribution is 0.0852. The van der Waals surface area contributed by atoms with E-state index in [0.717, 1.165) is 4.47 Å². The molecule has 4 heteroatoms. The van der Waals surface area contributed by atoms with Gasteiger partial charge in [0.1, 0.15) is 6.23 Å². The monoisotopic (exact) mass is 242 g/mol. The summed E-state index contributed by atoms with van der Waals surface area (Å²) in [4.78, 5) is 11.3. The quantitative estimate of drug-likeness (QED) is 0.770. The SMILES string of the molecule is [CH2]C(O)NC(=O)c1cccc(Br)c1. The summed E-state index contributed by atoms with van der Waals surface area (Å²) in [6.45, 7) is 3.24. The lowest BCUT2D eigenvalue weighted by Gasteiger charge is -2.06. The first-order valence-electron chi connectivity index (χ1n) is 3.67. The van der Waals surface area contributed by atoms with E-state index in [0.29, 0.717) is 5.56 Å². The third-order valence-electron chi connectivity index (χ3n) is 1.38. The fourth-order valence-electron chi connectivity index (χ4n) is 0.864. The predicted molar refractivity (Wildman–Crippen MR) is 53.0 cm³/mol. The van der Waals surface area contributed by atoms with Crippen LogP contribution in [-0.4, -0.2) is 17.2 Å². The Morgan fingerprint density at radius 3 is 2.85 bits per heavy atom. The van der Waals surface area contributed by atoms with Crippen molar-refractivity contribution in [1.29, 1.82) is 0 Å². The molecule has 0 heterocycles. The highest BCUT2D eigenvalue weighted by molar-refractivity contribution is 9.10. The van der Waals surface area contributed by atoms with E-state index < -0.39 is 6.23 Å². The number of rotatable bonds is 2. The Kier molecular flexibility index (Phi) is 3.45. The van der Waals surface area contributed by atoms with Gasteiger partial charge in [0.05, 0.1) is 0 Å². The molecule has 2 N–H and O–H groups in total. The van der Waals surface area contributed by atoms with Gasteiger partial charge in [0, 0.05) is 10.0 Å². The molecule has 1 unspecified atom stereocenters. The molecule has 0 fully saturated rings. The van der Waals surface area contributed by atoms with Crippen molar-refractivity contribution in [3.8, 4) is 0 Å². The van der Waals surface area contributed by atoms with Gasteiger partial charge in [-0.25, -0.2) is 0 Å². The van der Waals surface area contributed by atoms with Gasteiger partial charge in [0.15, 0.2) is 0 Å². The minimum absolute atomic E-state index is 0.344. The molecule has 1 aromatic carbocycles. The highest BCUT2D eigenvalue weighted by Gasteiger charge is 2.06. The summed E-state index contributed by atoms with van der Waals surface area (Å²) in [5.41, 5.74) is 0.483. The van der Waals surface area contributed by atoms with Crippen LogP contribution in [0.2, 0.25) is 0 Å². The molecule has 1 amide bonds. The van der Waals surface area contributed by atoms with Gasteiger partial charge in [-0.1, -0.05) is 22.0 Å². The predicted octanol–water partition coefficient (Wildman–Crippen LogP) is 1.33. The van der Waals surface area contributed by atoms with Crippen LogP contribution >= 0.6 is 15.9 Å². The van der Waals surface area contributed by atoms with Crippen molar-refractivity contribution in [2.45, 2.75) is 6.23 Å². The highest BCUT2D eigenvalue weighted by Crippen LogP contribution is 2.11. The molecule has 0 spiro atoms. The maximum absolute atomic E-state index is 11.3. The summed E-state index contributed by atoms with van der Waals surface area (Å²) >= 11 is 3.24. The van der Waals surface area contributed by atoms with E-state index in [1.165, 1.54) is 0 Å². The number of carbonyl (C=O) groups is 1. The normalized spacial score (nSPS) is 12.2. The number of aliphatic hydroxyl groups is 1. The van der Waals surface area contributed by atoms with Gasteiger partial charge < -0.3 is 10.4 Å². The van der Waals surface area contributed by atoms with Crippen molar-refractivity contribution < 1.29 is 9.90 Å². The first-order chi connectivity index (χ1) is 6.09. The zero-order valence-electron chi connectivity index (χ0n) is 6.83. The molecule has 1 atom stereocenters. The molecule has 0 saturated heterocycles. The Hall–Kier alpha value is -0.870. The highest BCUT2D eigenvalue weighted by atomic mass is 79.9. The minimum Gasteiger partial charge on any atom is -0.374 e. The van der Waals surface area contributed by atoms with Crippen molar-refractivity contribution in [2.75, 3.05) is 0 Å². The molecule has 0 aliphatic heterocycles. The number of carbonyl (C=O) groups excluding carboxylic acids is 1. The van der Waals surface area contributed by atoms with Gasteiger partial charge in [-0.05, 0) is 25.1 Å². The minimum atomic E-state index is -1.08. The first-order valence-corrected chi connectivity index (χ1v) is 4.46. The van der Waals surface area contributed by atoms with Gasteiger partial charge in [-0.3, -0.25) is 4.79 Å². The van der Waals surface area contributed by atoms with Gasteiger partial charge in [-0.2, -0.15) is 0 Å². The number of hydrogen-bond donors (Lipinski definition) is 2. The van der Waals surface area contributed by atoms with Crippen LogP contribution < -0.4 is 5.32 Å². The lowest BCUT2D eigenvalue weighted by atomic mass is 10.2. The van der Waals surface area contributed by atoms with Crippen molar-refractivity contribution in [1.82, 2.24) is 5.32 Å². The third kappa shape index (κ3) is 3.16. The molecular formula is C9H9BrNO2. The first kappa shape index (κ1) is 10.2. The van der Waals surface area contributed by atoms with E-state index in [1.807, 2.05) is 6.07 Å². The van der Waals surface area contributed by atoms with E-state index in [-0.39, 0.29) is 5.91 Å². The second-order valence-corrected chi connectivity index (χ2v) is 3.42. The van der Waals surface area contributed by atoms with Gasteiger partial charge in [-0.15, -0.1) is 0 Å². The molecule has 1 rings (SSSR count). The van der Waals surface area contributed by atoms with E-state index >= 15 is 0 Å². The summed E-state index contributed by atoms with van der Waals surface area (Å²) in [7, 11) is 0. The van der Waals surface area contributed by atoms with Crippen LogP contribution in [0.1, 0.15) is 10.4 Å². The number of aliphatic hydroxyl groups excluding tert-OH is 1. The van der Waals surface area contributed by atoms with Gasteiger partial charge in [0.25, 0.3) is 5.91 Å². The van der Waals surface area contributed by atoms with Crippen molar-refractivity contribution in [3.63, 3.8) is 0 Å². The molecule has 1 aromatic rings. The molecule has 0 aliphatic rings. The van der Waals surface area contributed by atoms with Crippen LogP contribution in [0.3, 0.4) is 0 Å². The largest absolute Gasteiger partial charge is 0.374 e. The zero-order valence-corrected chi connectivity index (χ0v) is 8.41. The summed E-state index contributed by atoms with van der Waals surface area (Å²) < 4.78 is 0.818. The van der Waals surface area contributed by atoms with Crippen LogP contribution in [0, 0.1) is 6.92 Å². The number of halogens is 1. The van der Waals surface area contributed by atoms with E-state index in [2.05, 4.69) is 28.2 Å². The topological polar surface area (TPSA) is 49.3 Å². The number of amides is 1. The van der Waals surface area contributed by atoms with E-state index in [4.69, 9.17) is 5.11 Å². The smallest absolute Gasteiger partial charge is 0.253 e. The van der Waals surface area contributed by atoms with Gasteiger partial charge in [0.2, 0.25) is 0 Å². The Labute approximate surface area is 84.9 Å². The number of benzene rings is 1. The Morgan fingerprint density at radius 1 is 1.62 bits per heavy atom. The molecule has 13 heavy (non-hydrogen) atoms. The van der Waals surface area contributed by atoms with E-state index in [9.17, 15) is 4.79 Å². The summed E-state index contributed by atoms with van der Waals surface area (Å²) in [5.74, 6) is -0.344. The molecule has 0 aliphatic carbocycles. The van der Waals surface area contributed by atoms with Crippen molar-refractivity contribution in [2.24, 2.45) is 0 Å². The third-order valence-corrected chi connectivity index (χ3v) is 1.88. The van der Waals surface area contributed by atoms with Crippen LogP contribution in [-0.2, 0) is 0 Å². The summed E-state index contributed by atoms with van der Waals surface area (Å²) in [5, 5.41) is 11.1. The molecule has 3 nitrogen and oxygen atoms in total. The maximum atomic E-state index is 11.3. The Morgan fingerprint density at radius 2 is 2.31 bits per heavy atom. The average Bonchev–Trinajstić information content (AvgIpc) is 2.03. The lowest BCUT2D eigenvalue weighted by Crippen LogP contribution is -2.32. The fraction of sp³-hybridized carbons (Fsp3) is 0.111. The van der Waals surface area contributed by atoms with Crippen molar-refractivity contribution in [3.05, 3.63) is 41.2 Å². The van der Waals surface area contributed by atoms with Crippen LogP contribution in [0.15, 0.2) is 28.7 Å². The molecule has 0 bridgehead atoms.